The van der Waals surface area contributed by atoms with E-state index < -0.39 is 0 Å². The van der Waals surface area contributed by atoms with Gasteiger partial charge < -0.3 is 4.42 Å². The summed E-state index contributed by atoms with van der Waals surface area (Å²) in [6.07, 6.45) is 4.09. The number of likely N-dealkylation sites (tertiary alicyclic amines) is 1. The van der Waals surface area contributed by atoms with Crippen molar-refractivity contribution in [3.63, 3.8) is 0 Å². The van der Waals surface area contributed by atoms with E-state index >= 15 is 0 Å². The van der Waals surface area contributed by atoms with E-state index in [9.17, 15) is 4.79 Å². The summed E-state index contributed by atoms with van der Waals surface area (Å²) in [6.45, 7) is 2.33. The summed E-state index contributed by atoms with van der Waals surface area (Å²) < 4.78 is 4.94. The molecule has 3 nitrogen and oxygen atoms in total. The molecule has 1 aromatic heterocycles. The predicted molar refractivity (Wildman–Crippen MR) is 43.6 cm³/mol. The second-order valence-electron chi connectivity index (χ2n) is 3.13. The fourth-order valence-electron chi connectivity index (χ4n) is 1.47. The fourth-order valence-corrected chi connectivity index (χ4v) is 1.47. The Morgan fingerprint density at radius 2 is 2.50 bits per heavy atom. The molecule has 1 aliphatic rings. The number of hydrogen-bond donors (Lipinski definition) is 0. The van der Waals surface area contributed by atoms with Crippen LogP contribution in [0.2, 0.25) is 0 Å². The predicted octanol–water partition coefficient (Wildman–Crippen LogP) is 1.05. The summed E-state index contributed by atoms with van der Waals surface area (Å²) >= 11 is 0. The number of carbonyl (C=O) groups excluding carboxylic acids is 1. The zero-order valence-electron chi connectivity index (χ0n) is 6.82. The number of carbonyl (C=O) groups is 1. The molecule has 12 heavy (non-hydrogen) atoms. The molecule has 0 aromatic carbocycles. The highest BCUT2D eigenvalue weighted by molar-refractivity contribution is 5.82. The van der Waals surface area contributed by atoms with E-state index in [-0.39, 0.29) is 0 Å². The summed E-state index contributed by atoms with van der Waals surface area (Å²) in [5.74, 6) is 0.346. The lowest BCUT2D eigenvalue weighted by molar-refractivity contribution is -0.116. The monoisotopic (exact) mass is 165 g/mol. The van der Waals surface area contributed by atoms with Gasteiger partial charge in [-0.25, -0.2) is 0 Å². The third kappa shape index (κ3) is 1.56. The number of rotatable bonds is 2. The summed E-state index contributed by atoms with van der Waals surface area (Å²) in [7, 11) is 0. The Labute approximate surface area is 71.0 Å². The van der Waals surface area contributed by atoms with E-state index in [1.807, 2.05) is 6.07 Å². The fraction of sp³-hybridized carbons (Fsp3) is 0.444. The van der Waals surface area contributed by atoms with Gasteiger partial charge in [-0.05, 0) is 6.07 Å². The van der Waals surface area contributed by atoms with Crippen LogP contribution < -0.4 is 0 Å². The zero-order valence-corrected chi connectivity index (χ0v) is 6.82. The van der Waals surface area contributed by atoms with Crippen molar-refractivity contribution in [1.82, 2.24) is 4.90 Å². The zero-order chi connectivity index (χ0) is 8.39. The molecule has 64 valence electrons. The van der Waals surface area contributed by atoms with E-state index in [1.54, 1.807) is 12.5 Å². The van der Waals surface area contributed by atoms with Gasteiger partial charge in [-0.2, -0.15) is 0 Å². The van der Waals surface area contributed by atoms with Gasteiger partial charge in [0.15, 0.2) is 0 Å². The topological polar surface area (TPSA) is 33.5 Å². The van der Waals surface area contributed by atoms with E-state index in [2.05, 4.69) is 4.90 Å². The molecule has 0 unspecified atom stereocenters. The van der Waals surface area contributed by atoms with Crippen LogP contribution >= 0.6 is 0 Å². The van der Waals surface area contributed by atoms with Crippen LogP contribution in [0.1, 0.15) is 12.0 Å². The molecule has 3 heteroatoms. The molecular formula is C9H11NO2. The van der Waals surface area contributed by atoms with Gasteiger partial charge in [-0.1, -0.05) is 0 Å². The molecule has 0 bridgehead atoms. The van der Waals surface area contributed by atoms with Crippen LogP contribution in [0.3, 0.4) is 0 Å². The SMILES string of the molecule is O=C1CCN(Cc2ccoc2)C1. The molecule has 1 fully saturated rings. The van der Waals surface area contributed by atoms with Gasteiger partial charge in [0.05, 0.1) is 19.1 Å². The van der Waals surface area contributed by atoms with E-state index in [0.717, 1.165) is 18.7 Å². The van der Waals surface area contributed by atoms with Gasteiger partial charge in [0.1, 0.15) is 5.78 Å². The first kappa shape index (κ1) is 7.55. The van der Waals surface area contributed by atoms with Gasteiger partial charge in [0, 0.05) is 25.1 Å². The van der Waals surface area contributed by atoms with Gasteiger partial charge in [0.2, 0.25) is 0 Å². The minimum absolute atomic E-state index is 0.346. The van der Waals surface area contributed by atoms with E-state index in [0.29, 0.717) is 18.7 Å². The van der Waals surface area contributed by atoms with Crippen LogP contribution in [-0.2, 0) is 11.3 Å². The lowest BCUT2D eigenvalue weighted by Crippen LogP contribution is -2.19. The lowest BCUT2D eigenvalue weighted by atomic mass is 10.3. The van der Waals surface area contributed by atoms with Gasteiger partial charge in [0.25, 0.3) is 0 Å². The van der Waals surface area contributed by atoms with Gasteiger partial charge >= 0.3 is 0 Å². The first-order chi connectivity index (χ1) is 5.84. The Morgan fingerprint density at radius 1 is 1.58 bits per heavy atom. The van der Waals surface area contributed by atoms with Crippen molar-refractivity contribution in [1.29, 1.82) is 0 Å². The van der Waals surface area contributed by atoms with Crippen molar-refractivity contribution in [2.45, 2.75) is 13.0 Å². The molecule has 1 aliphatic heterocycles. The Morgan fingerprint density at radius 3 is 3.08 bits per heavy atom. The molecule has 2 heterocycles. The van der Waals surface area contributed by atoms with Crippen LogP contribution in [0.15, 0.2) is 23.0 Å². The van der Waals surface area contributed by atoms with Crippen molar-refractivity contribution in [2.75, 3.05) is 13.1 Å². The second kappa shape index (κ2) is 3.11. The minimum Gasteiger partial charge on any atom is -0.472 e. The highest BCUT2D eigenvalue weighted by Crippen LogP contribution is 2.10. The van der Waals surface area contributed by atoms with Crippen molar-refractivity contribution >= 4 is 5.78 Å². The highest BCUT2D eigenvalue weighted by Gasteiger charge is 2.18. The van der Waals surface area contributed by atoms with Crippen LogP contribution in [0.4, 0.5) is 0 Å². The number of hydrogen-bond acceptors (Lipinski definition) is 3. The molecule has 0 saturated carbocycles. The maximum atomic E-state index is 10.9. The summed E-state index contributed by atoms with van der Waals surface area (Å²) in [5.41, 5.74) is 1.14. The van der Waals surface area contributed by atoms with Crippen molar-refractivity contribution in [3.8, 4) is 0 Å². The third-order valence-electron chi connectivity index (χ3n) is 2.09. The van der Waals surface area contributed by atoms with Crippen LogP contribution in [0.25, 0.3) is 0 Å². The van der Waals surface area contributed by atoms with Crippen molar-refractivity contribution in [2.24, 2.45) is 0 Å². The minimum atomic E-state index is 0.346. The number of nitrogens with zero attached hydrogens (tertiary/aromatic N) is 1. The van der Waals surface area contributed by atoms with E-state index in [4.69, 9.17) is 4.42 Å². The van der Waals surface area contributed by atoms with Crippen molar-refractivity contribution in [3.05, 3.63) is 24.2 Å². The van der Waals surface area contributed by atoms with Crippen LogP contribution in [0.5, 0.6) is 0 Å². The Bertz CT molecular complexity index is 266. The quantitative estimate of drug-likeness (QED) is 0.656. The summed E-state index contributed by atoms with van der Waals surface area (Å²) in [5, 5.41) is 0. The Hall–Kier alpha value is -1.09. The van der Waals surface area contributed by atoms with Crippen LogP contribution in [0, 0.1) is 0 Å². The molecule has 0 atom stereocenters. The van der Waals surface area contributed by atoms with Gasteiger partial charge in [-0.15, -0.1) is 0 Å². The molecule has 0 aliphatic carbocycles. The number of furan rings is 1. The molecule has 0 amide bonds. The van der Waals surface area contributed by atoms with Gasteiger partial charge in [-0.3, -0.25) is 9.69 Å². The summed E-state index contributed by atoms with van der Waals surface area (Å²) in [6, 6.07) is 1.93. The molecule has 1 aromatic rings. The average Bonchev–Trinajstić information content (AvgIpc) is 2.63. The molecule has 1 saturated heterocycles. The first-order valence-electron chi connectivity index (χ1n) is 4.10. The molecule has 0 radical (unpaired) electrons. The van der Waals surface area contributed by atoms with Crippen LogP contribution in [-0.4, -0.2) is 23.8 Å². The van der Waals surface area contributed by atoms with E-state index in [1.165, 1.54) is 0 Å². The maximum Gasteiger partial charge on any atom is 0.148 e. The molecule has 0 N–H and O–H groups in total. The largest absolute Gasteiger partial charge is 0.472 e. The Kier molecular flexibility index (Phi) is 1.96. The smallest absolute Gasteiger partial charge is 0.148 e. The maximum absolute atomic E-state index is 10.9. The highest BCUT2D eigenvalue weighted by atomic mass is 16.3. The molecular weight excluding hydrogens is 154 g/mol. The molecule has 0 spiro atoms. The normalized spacial score (nSPS) is 18.8. The number of ketones is 1. The third-order valence-corrected chi connectivity index (χ3v) is 2.09. The summed E-state index contributed by atoms with van der Waals surface area (Å²) in [4.78, 5) is 13.0. The van der Waals surface area contributed by atoms with Crippen molar-refractivity contribution < 1.29 is 9.21 Å². The lowest BCUT2D eigenvalue weighted by Gasteiger charge is -2.10. The first-order valence-corrected chi connectivity index (χ1v) is 4.10. The standard InChI is InChI=1S/C9H11NO2/c11-9-1-3-10(6-9)5-8-2-4-12-7-8/h2,4,7H,1,3,5-6H2. The average molecular weight is 165 g/mol. The molecule has 2 rings (SSSR count). The Balaban J connectivity index is 1.92. The number of Topliss-reactive ketones (excluding diaryl/α,β-unsaturated/α-hetero) is 1. The second-order valence-corrected chi connectivity index (χ2v) is 3.13.